The van der Waals surface area contributed by atoms with Crippen molar-refractivity contribution in [1.29, 1.82) is 0 Å². The highest BCUT2D eigenvalue weighted by Gasteiger charge is 2.35. The van der Waals surface area contributed by atoms with Crippen LogP contribution in [-0.2, 0) is 16.2 Å². The van der Waals surface area contributed by atoms with Gasteiger partial charge in [0.1, 0.15) is 5.75 Å². The lowest BCUT2D eigenvalue weighted by Gasteiger charge is -2.10. The van der Waals surface area contributed by atoms with Crippen LogP contribution >= 0.6 is 11.6 Å². The first-order valence-electron chi connectivity index (χ1n) is 7.65. The lowest BCUT2D eigenvalue weighted by atomic mass is 10.1. The largest absolute Gasteiger partial charge is 0.495 e. The maximum absolute atomic E-state index is 13.2. The fourth-order valence-electron chi connectivity index (χ4n) is 2.52. The van der Waals surface area contributed by atoms with Crippen molar-refractivity contribution in [3.05, 3.63) is 59.2 Å². The van der Waals surface area contributed by atoms with E-state index in [0.717, 1.165) is 10.7 Å². The van der Waals surface area contributed by atoms with E-state index in [2.05, 4.69) is 5.10 Å². The second kappa shape index (κ2) is 7.12. The number of hydrogen-bond acceptors (Lipinski definition) is 4. The molecular weight excluding hydrogens is 419 g/mol. The van der Waals surface area contributed by atoms with E-state index in [1.165, 1.54) is 49.6 Å². The Morgan fingerprint density at radius 2 is 1.75 bits per heavy atom. The minimum absolute atomic E-state index is 0.116. The molecule has 0 saturated carbocycles. The zero-order valence-corrected chi connectivity index (χ0v) is 15.8. The van der Waals surface area contributed by atoms with Crippen molar-refractivity contribution in [2.24, 2.45) is 5.14 Å². The minimum Gasteiger partial charge on any atom is -0.495 e. The summed E-state index contributed by atoms with van der Waals surface area (Å²) in [6, 6.07) is 10.4. The Balaban J connectivity index is 2.19. The van der Waals surface area contributed by atoms with Crippen LogP contribution in [0.1, 0.15) is 5.69 Å². The van der Waals surface area contributed by atoms with Crippen molar-refractivity contribution in [3.8, 4) is 22.7 Å². The maximum Gasteiger partial charge on any atom is 0.435 e. The number of sulfonamides is 1. The number of benzene rings is 2. The molecule has 1 aromatic heterocycles. The van der Waals surface area contributed by atoms with Gasteiger partial charge in [-0.3, -0.25) is 0 Å². The topological polar surface area (TPSA) is 87.2 Å². The molecule has 3 rings (SSSR count). The first kappa shape index (κ1) is 20.2. The number of primary sulfonamides is 1. The van der Waals surface area contributed by atoms with Gasteiger partial charge in [-0.25, -0.2) is 18.2 Å². The highest BCUT2D eigenvalue weighted by Crippen LogP contribution is 2.36. The van der Waals surface area contributed by atoms with Gasteiger partial charge in [0.25, 0.3) is 0 Å². The number of rotatable bonds is 4. The van der Waals surface area contributed by atoms with Crippen LogP contribution in [-0.4, -0.2) is 25.3 Å². The quantitative estimate of drug-likeness (QED) is 0.679. The van der Waals surface area contributed by atoms with Gasteiger partial charge in [0, 0.05) is 5.56 Å². The summed E-state index contributed by atoms with van der Waals surface area (Å²) in [5.74, 6) is 0.282. The zero-order valence-electron chi connectivity index (χ0n) is 14.2. The van der Waals surface area contributed by atoms with Crippen molar-refractivity contribution >= 4 is 21.6 Å². The Hall–Kier alpha value is -2.56. The number of halogens is 4. The van der Waals surface area contributed by atoms with Gasteiger partial charge in [-0.1, -0.05) is 17.7 Å². The summed E-state index contributed by atoms with van der Waals surface area (Å²) in [7, 11) is -2.55. The molecule has 0 aliphatic rings. The first-order chi connectivity index (χ1) is 13.0. The second-order valence-electron chi connectivity index (χ2n) is 5.71. The van der Waals surface area contributed by atoms with Crippen LogP contribution in [0.4, 0.5) is 13.2 Å². The number of alkyl halides is 3. The summed E-state index contributed by atoms with van der Waals surface area (Å²) in [4.78, 5) is -0.172. The summed E-state index contributed by atoms with van der Waals surface area (Å²) >= 11 is 5.98. The third-order valence-corrected chi connectivity index (χ3v) is 5.10. The van der Waals surface area contributed by atoms with Gasteiger partial charge in [-0.15, -0.1) is 0 Å². The molecule has 28 heavy (non-hydrogen) atoms. The molecule has 0 unspecified atom stereocenters. The molecule has 0 aliphatic heterocycles. The highest BCUT2D eigenvalue weighted by molar-refractivity contribution is 7.89. The number of hydrogen-bond donors (Lipinski definition) is 1. The molecule has 3 aromatic rings. The van der Waals surface area contributed by atoms with Gasteiger partial charge in [0.15, 0.2) is 5.69 Å². The molecule has 0 fully saturated rings. The fraction of sp³-hybridized carbons (Fsp3) is 0.118. The van der Waals surface area contributed by atoms with Gasteiger partial charge in [-0.2, -0.15) is 18.3 Å². The summed E-state index contributed by atoms with van der Waals surface area (Å²) < 4.78 is 68.6. The van der Waals surface area contributed by atoms with E-state index in [9.17, 15) is 21.6 Å². The van der Waals surface area contributed by atoms with Gasteiger partial charge >= 0.3 is 6.18 Å². The van der Waals surface area contributed by atoms with Crippen LogP contribution in [0.5, 0.6) is 5.75 Å². The van der Waals surface area contributed by atoms with Crippen LogP contribution in [0.15, 0.2) is 53.4 Å². The van der Waals surface area contributed by atoms with Gasteiger partial charge < -0.3 is 4.74 Å². The van der Waals surface area contributed by atoms with Crippen molar-refractivity contribution in [1.82, 2.24) is 9.78 Å². The summed E-state index contributed by atoms with van der Waals surface area (Å²) in [6.07, 6.45) is -4.67. The normalized spacial score (nSPS) is 12.2. The molecule has 0 bridgehead atoms. The predicted octanol–water partition coefficient (Wildman–Crippen LogP) is 3.87. The second-order valence-corrected chi connectivity index (χ2v) is 7.68. The maximum atomic E-state index is 13.2. The van der Waals surface area contributed by atoms with Crippen LogP contribution in [0.3, 0.4) is 0 Å². The molecule has 0 atom stereocenters. The molecule has 2 aromatic carbocycles. The Morgan fingerprint density at radius 1 is 1.11 bits per heavy atom. The number of nitrogens with zero attached hydrogens (tertiary/aromatic N) is 2. The lowest BCUT2D eigenvalue weighted by molar-refractivity contribution is -0.141. The Labute approximate surface area is 163 Å². The predicted molar refractivity (Wildman–Crippen MR) is 96.9 cm³/mol. The van der Waals surface area contributed by atoms with Crippen molar-refractivity contribution in [2.45, 2.75) is 11.1 Å². The minimum atomic E-state index is -4.67. The Morgan fingerprint density at radius 3 is 2.29 bits per heavy atom. The summed E-state index contributed by atoms with van der Waals surface area (Å²) in [5, 5.41) is 8.98. The van der Waals surface area contributed by atoms with E-state index in [4.69, 9.17) is 21.5 Å². The fourth-order valence-corrected chi connectivity index (χ4v) is 3.23. The van der Waals surface area contributed by atoms with Crippen LogP contribution in [0.25, 0.3) is 16.9 Å². The Bertz CT molecular complexity index is 1130. The standard InChI is InChI=1S/C17H13ClF3N3O3S/c1-27-15-8-10(2-7-13(15)18)14-9-16(17(19,20)21)23-24(14)11-3-5-12(6-4-11)28(22,25)26/h2-9H,1H3,(H2,22,25,26). The van der Waals surface area contributed by atoms with E-state index < -0.39 is 21.9 Å². The summed E-state index contributed by atoms with van der Waals surface area (Å²) in [6.45, 7) is 0. The average Bonchev–Trinajstić information content (AvgIpc) is 3.07. The molecule has 0 amide bonds. The van der Waals surface area contributed by atoms with Crippen molar-refractivity contribution in [3.63, 3.8) is 0 Å². The molecule has 0 saturated heterocycles. The van der Waals surface area contributed by atoms with Gasteiger partial charge in [0.05, 0.1) is 28.4 Å². The number of ether oxygens (including phenoxy) is 1. The molecule has 0 spiro atoms. The Kier molecular flexibility index (Phi) is 5.13. The molecular formula is C17H13ClF3N3O3S. The molecule has 1 heterocycles. The van der Waals surface area contributed by atoms with Crippen LogP contribution < -0.4 is 9.88 Å². The number of nitrogens with two attached hydrogens (primary N) is 1. The molecule has 11 heteroatoms. The third-order valence-electron chi connectivity index (χ3n) is 3.86. The highest BCUT2D eigenvalue weighted by atomic mass is 35.5. The summed E-state index contributed by atoms with van der Waals surface area (Å²) in [5.41, 5.74) is -0.399. The van der Waals surface area contributed by atoms with Gasteiger partial charge in [-0.05, 0) is 42.5 Å². The molecule has 0 radical (unpaired) electrons. The van der Waals surface area contributed by atoms with E-state index in [-0.39, 0.29) is 22.0 Å². The molecule has 148 valence electrons. The van der Waals surface area contributed by atoms with E-state index in [1.807, 2.05) is 0 Å². The first-order valence-corrected chi connectivity index (χ1v) is 9.57. The lowest BCUT2D eigenvalue weighted by Crippen LogP contribution is -2.12. The smallest absolute Gasteiger partial charge is 0.435 e. The molecule has 0 aliphatic carbocycles. The number of aromatic nitrogens is 2. The van der Waals surface area contributed by atoms with Crippen molar-refractivity contribution in [2.75, 3.05) is 7.11 Å². The van der Waals surface area contributed by atoms with Crippen LogP contribution in [0, 0.1) is 0 Å². The molecule has 6 nitrogen and oxygen atoms in total. The van der Waals surface area contributed by atoms with Crippen LogP contribution in [0.2, 0.25) is 5.02 Å². The molecule has 2 N–H and O–H groups in total. The van der Waals surface area contributed by atoms with Gasteiger partial charge in [0.2, 0.25) is 10.0 Å². The SMILES string of the molecule is COc1cc(-c2cc(C(F)(F)F)nn2-c2ccc(S(N)(=O)=O)cc2)ccc1Cl. The zero-order chi connectivity index (χ0) is 20.7. The van der Waals surface area contributed by atoms with E-state index in [0.29, 0.717) is 10.6 Å². The monoisotopic (exact) mass is 431 g/mol. The van der Waals surface area contributed by atoms with E-state index >= 15 is 0 Å². The van der Waals surface area contributed by atoms with Crippen molar-refractivity contribution < 1.29 is 26.3 Å². The van der Waals surface area contributed by atoms with E-state index in [1.54, 1.807) is 0 Å². The third kappa shape index (κ3) is 3.98. The number of methoxy groups -OCH3 is 1. The average molecular weight is 432 g/mol.